The van der Waals surface area contributed by atoms with Crippen LogP contribution in [0, 0.1) is 0 Å². The van der Waals surface area contributed by atoms with Crippen molar-refractivity contribution in [3.8, 4) is 0 Å². The number of carboxylic acid groups (broad SMARTS) is 1. The van der Waals surface area contributed by atoms with Crippen molar-refractivity contribution in [2.45, 2.75) is 70.7 Å². The van der Waals surface area contributed by atoms with E-state index in [2.05, 4.69) is 33.9 Å². The number of ether oxygens (including phenoxy) is 2. The van der Waals surface area contributed by atoms with Gasteiger partial charge in [0, 0.05) is 0 Å². The Kier molecular flexibility index (Phi) is 4.51. The summed E-state index contributed by atoms with van der Waals surface area (Å²) in [6, 6.07) is 0. The number of aliphatic carboxylic acids is 1. The van der Waals surface area contributed by atoms with Gasteiger partial charge in [0.05, 0.1) is 6.61 Å². The summed E-state index contributed by atoms with van der Waals surface area (Å²) < 4.78 is 17.0. The van der Waals surface area contributed by atoms with Crippen molar-refractivity contribution in [1.82, 2.24) is 0 Å². The van der Waals surface area contributed by atoms with E-state index in [1.165, 1.54) is 0 Å². The highest BCUT2D eigenvalue weighted by atomic mass is 28.4. The van der Waals surface area contributed by atoms with E-state index in [0.717, 1.165) is 0 Å². The summed E-state index contributed by atoms with van der Waals surface area (Å²) in [5.41, 5.74) is 0. The van der Waals surface area contributed by atoms with Gasteiger partial charge in [-0.1, -0.05) is 20.8 Å². The molecule has 112 valence electrons. The Hall–Kier alpha value is -0.433. The van der Waals surface area contributed by atoms with Crippen molar-refractivity contribution in [3.05, 3.63) is 0 Å². The zero-order valence-electron chi connectivity index (χ0n) is 12.9. The van der Waals surface area contributed by atoms with Crippen LogP contribution < -0.4 is 0 Å². The van der Waals surface area contributed by atoms with E-state index in [1.54, 1.807) is 13.8 Å². The Bertz CT molecular complexity index is 345. The van der Waals surface area contributed by atoms with Gasteiger partial charge in [-0.15, -0.1) is 0 Å². The lowest BCUT2D eigenvalue weighted by Crippen LogP contribution is -2.45. The fraction of sp³-hybridized carbons (Fsp3) is 0.923. The van der Waals surface area contributed by atoms with E-state index in [4.69, 9.17) is 19.0 Å². The third kappa shape index (κ3) is 4.01. The first-order valence-corrected chi connectivity index (χ1v) is 9.49. The maximum atomic E-state index is 11.2. The molecule has 0 amide bonds. The molecule has 0 unspecified atom stereocenters. The lowest BCUT2D eigenvalue weighted by atomic mass is 10.2. The Morgan fingerprint density at radius 3 is 2.26 bits per heavy atom. The van der Waals surface area contributed by atoms with Crippen molar-refractivity contribution >= 4 is 14.3 Å². The van der Waals surface area contributed by atoms with Crippen LogP contribution >= 0.6 is 0 Å². The quantitative estimate of drug-likeness (QED) is 0.806. The third-order valence-corrected chi connectivity index (χ3v) is 8.34. The molecule has 1 saturated heterocycles. The van der Waals surface area contributed by atoms with Crippen LogP contribution in [0.5, 0.6) is 0 Å². The van der Waals surface area contributed by atoms with Gasteiger partial charge in [0.1, 0.15) is 6.10 Å². The first-order valence-electron chi connectivity index (χ1n) is 6.58. The molecule has 5 nitrogen and oxygen atoms in total. The van der Waals surface area contributed by atoms with Crippen LogP contribution in [0.4, 0.5) is 0 Å². The largest absolute Gasteiger partial charge is 0.479 e. The SMILES string of the molecule is CC1(C)O[C@@H](CO[Si](C)(C)C(C)(C)C)[C@H](C(=O)O)O1. The highest BCUT2D eigenvalue weighted by molar-refractivity contribution is 6.74. The first kappa shape index (κ1) is 16.6. The van der Waals surface area contributed by atoms with Crippen LogP contribution in [0.3, 0.4) is 0 Å². The normalized spacial score (nSPS) is 27.5. The number of hydrogen-bond acceptors (Lipinski definition) is 4. The summed E-state index contributed by atoms with van der Waals surface area (Å²) in [6.45, 7) is 14.4. The van der Waals surface area contributed by atoms with Gasteiger partial charge < -0.3 is 19.0 Å². The van der Waals surface area contributed by atoms with Crippen LogP contribution in [0.2, 0.25) is 18.1 Å². The van der Waals surface area contributed by atoms with E-state index in [-0.39, 0.29) is 11.6 Å². The molecule has 1 fully saturated rings. The molecule has 1 rings (SSSR count). The Morgan fingerprint density at radius 2 is 1.84 bits per heavy atom. The number of hydrogen-bond donors (Lipinski definition) is 1. The smallest absolute Gasteiger partial charge is 0.335 e. The molecule has 0 aliphatic carbocycles. The highest BCUT2D eigenvalue weighted by Crippen LogP contribution is 2.37. The van der Waals surface area contributed by atoms with Gasteiger partial charge in [0.15, 0.2) is 20.2 Å². The molecule has 1 aliphatic rings. The fourth-order valence-electron chi connectivity index (χ4n) is 1.67. The second-order valence-electron chi connectivity index (χ2n) is 7.00. The minimum atomic E-state index is -1.91. The zero-order chi connectivity index (χ0) is 15.1. The molecule has 0 spiro atoms. The second kappa shape index (κ2) is 5.16. The average molecular weight is 290 g/mol. The third-order valence-electron chi connectivity index (χ3n) is 3.84. The number of carbonyl (C=O) groups is 1. The molecule has 0 aromatic carbocycles. The molecule has 1 aliphatic heterocycles. The summed E-state index contributed by atoms with van der Waals surface area (Å²) >= 11 is 0. The van der Waals surface area contributed by atoms with E-state index in [0.29, 0.717) is 0 Å². The summed E-state index contributed by atoms with van der Waals surface area (Å²) in [7, 11) is -1.91. The molecule has 1 N–H and O–H groups in total. The minimum Gasteiger partial charge on any atom is -0.479 e. The molecule has 1 heterocycles. The van der Waals surface area contributed by atoms with Crippen molar-refractivity contribution < 1.29 is 23.8 Å². The van der Waals surface area contributed by atoms with Gasteiger partial charge in [-0.3, -0.25) is 0 Å². The Labute approximate surface area is 116 Å². The topological polar surface area (TPSA) is 65.0 Å². The first-order chi connectivity index (χ1) is 8.36. The standard InChI is InChI=1S/C13H26O5Si/c1-12(2,3)19(6,7)16-8-9-10(11(14)15)18-13(4,5)17-9/h9-10H,8H2,1-7H3,(H,14,15)/t9-,10+/m0/s1. The highest BCUT2D eigenvalue weighted by Gasteiger charge is 2.47. The summed E-state index contributed by atoms with van der Waals surface area (Å²) in [5.74, 6) is -1.88. The Balaban J connectivity index is 2.69. The Morgan fingerprint density at radius 1 is 1.32 bits per heavy atom. The van der Waals surface area contributed by atoms with E-state index in [1.807, 2.05) is 0 Å². The predicted octanol–water partition coefficient (Wildman–Crippen LogP) is 2.61. The van der Waals surface area contributed by atoms with Gasteiger partial charge in [0.2, 0.25) is 0 Å². The van der Waals surface area contributed by atoms with Crippen LogP contribution in [0.25, 0.3) is 0 Å². The van der Waals surface area contributed by atoms with Gasteiger partial charge in [0.25, 0.3) is 0 Å². The predicted molar refractivity (Wildman–Crippen MR) is 74.6 cm³/mol. The van der Waals surface area contributed by atoms with Gasteiger partial charge in [-0.05, 0) is 32.0 Å². The molecule has 0 saturated carbocycles. The summed E-state index contributed by atoms with van der Waals surface area (Å²) in [6.07, 6.45) is -1.51. The van der Waals surface area contributed by atoms with E-state index in [9.17, 15) is 4.79 Å². The number of rotatable bonds is 4. The lowest BCUT2D eigenvalue weighted by molar-refractivity contribution is -0.166. The molecular weight excluding hydrogens is 264 g/mol. The molecule has 0 aromatic rings. The summed E-state index contributed by atoms with van der Waals surface area (Å²) in [4.78, 5) is 11.2. The molecule has 0 bridgehead atoms. The summed E-state index contributed by atoms with van der Waals surface area (Å²) in [5, 5.41) is 9.24. The second-order valence-corrected chi connectivity index (χ2v) is 11.8. The van der Waals surface area contributed by atoms with Crippen molar-refractivity contribution in [2.75, 3.05) is 6.61 Å². The van der Waals surface area contributed by atoms with Crippen LogP contribution in [0.15, 0.2) is 0 Å². The van der Waals surface area contributed by atoms with E-state index >= 15 is 0 Å². The number of carboxylic acids is 1. The molecule has 0 radical (unpaired) electrons. The van der Waals surface area contributed by atoms with Crippen molar-refractivity contribution in [3.63, 3.8) is 0 Å². The molecule has 19 heavy (non-hydrogen) atoms. The van der Waals surface area contributed by atoms with Gasteiger partial charge in [-0.25, -0.2) is 4.79 Å². The molecule has 6 heteroatoms. The van der Waals surface area contributed by atoms with Crippen LogP contribution in [-0.4, -0.2) is 44.0 Å². The fourth-order valence-corrected chi connectivity index (χ4v) is 2.69. The average Bonchev–Trinajstić information content (AvgIpc) is 2.49. The molecule has 0 aromatic heterocycles. The van der Waals surface area contributed by atoms with Crippen LogP contribution in [0.1, 0.15) is 34.6 Å². The van der Waals surface area contributed by atoms with E-state index < -0.39 is 32.3 Å². The lowest BCUT2D eigenvalue weighted by Gasteiger charge is -2.37. The van der Waals surface area contributed by atoms with Crippen molar-refractivity contribution in [1.29, 1.82) is 0 Å². The minimum absolute atomic E-state index is 0.0840. The van der Waals surface area contributed by atoms with Gasteiger partial charge >= 0.3 is 5.97 Å². The maximum absolute atomic E-state index is 11.2. The molecular formula is C13H26O5Si. The molecule has 2 atom stereocenters. The maximum Gasteiger partial charge on any atom is 0.335 e. The zero-order valence-corrected chi connectivity index (χ0v) is 13.9. The van der Waals surface area contributed by atoms with Crippen LogP contribution in [-0.2, 0) is 18.7 Å². The van der Waals surface area contributed by atoms with Gasteiger partial charge in [-0.2, -0.15) is 0 Å². The van der Waals surface area contributed by atoms with Crippen molar-refractivity contribution in [2.24, 2.45) is 0 Å². The monoisotopic (exact) mass is 290 g/mol.